The van der Waals surface area contributed by atoms with Crippen LogP contribution in [0.1, 0.15) is 11.1 Å². The van der Waals surface area contributed by atoms with Crippen LogP contribution in [0, 0.1) is 0 Å². The molecule has 0 bridgehead atoms. The lowest BCUT2D eigenvalue weighted by Crippen LogP contribution is -2.46. The van der Waals surface area contributed by atoms with E-state index >= 15 is 0 Å². The van der Waals surface area contributed by atoms with Gasteiger partial charge in [0.2, 0.25) is 0 Å². The van der Waals surface area contributed by atoms with Gasteiger partial charge in [-0.15, -0.1) is 0 Å². The molecule has 7 nitrogen and oxygen atoms in total. The summed E-state index contributed by atoms with van der Waals surface area (Å²) in [6.07, 6.45) is 0.538. The van der Waals surface area contributed by atoms with E-state index in [1.165, 1.54) is 4.90 Å². The number of carbonyl (C=O) groups is 2. The highest BCUT2D eigenvalue weighted by molar-refractivity contribution is 6.35. The molecule has 0 aliphatic carbocycles. The molecule has 0 saturated carbocycles. The van der Waals surface area contributed by atoms with E-state index in [1.54, 1.807) is 14.2 Å². The number of likely N-dealkylation sites (N-methyl/N-ethyl adjacent to an activating group) is 1. The van der Waals surface area contributed by atoms with Crippen molar-refractivity contribution < 1.29 is 19.1 Å². The third-order valence-corrected chi connectivity index (χ3v) is 6.10. The predicted molar refractivity (Wildman–Crippen MR) is 122 cm³/mol. The molecular weight excluding hydrogens is 406 g/mol. The lowest BCUT2D eigenvalue weighted by molar-refractivity contribution is -0.137. The monoisotopic (exact) mass is 435 g/mol. The van der Waals surface area contributed by atoms with Crippen molar-refractivity contribution in [2.45, 2.75) is 6.42 Å². The Balaban J connectivity index is 1.59. The van der Waals surface area contributed by atoms with E-state index in [0.717, 1.165) is 37.3 Å². The van der Waals surface area contributed by atoms with Crippen molar-refractivity contribution in [3.8, 4) is 11.5 Å². The SMILES string of the molecule is COc1ccc(CCN2C(=O)C(c3ccccc3)=C(N3CCN(C)CC3)C2=O)cc1OC. The fraction of sp³-hybridized carbons (Fsp3) is 0.360. The number of hydrogen-bond acceptors (Lipinski definition) is 6. The average Bonchev–Trinajstić information content (AvgIpc) is 3.08. The lowest BCUT2D eigenvalue weighted by Gasteiger charge is -2.34. The van der Waals surface area contributed by atoms with Crippen LogP contribution in [-0.2, 0) is 16.0 Å². The Morgan fingerprint density at radius 1 is 0.844 bits per heavy atom. The molecule has 2 aromatic rings. The summed E-state index contributed by atoms with van der Waals surface area (Å²) in [5, 5.41) is 0. The number of rotatable bonds is 7. The van der Waals surface area contributed by atoms with Crippen molar-refractivity contribution in [2.75, 3.05) is 54.0 Å². The Bertz CT molecular complexity index is 1030. The van der Waals surface area contributed by atoms with Crippen molar-refractivity contribution in [2.24, 2.45) is 0 Å². The maximum Gasteiger partial charge on any atom is 0.277 e. The van der Waals surface area contributed by atoms with Crippen LogP contribution in [0.5, 0.6) is 11.5 Å². The van der Waals surface area contributed by atoms with Gasteiger partial charge in [0, 0.05) is 32.7 Å². The molecule has 0 N–H and O–H groups in total. The Morgan fingerprint density at radius 3 is 2.19 bits per heavy atom. The Labute approximate surface area is 188 Å². The van der Waals surface area contributed by atoms with Crippen LogP contribution in [0.15, 0.2) is 54.2 Å². The highest BCUT2D eigenvalue weighted by atomic mass is 16.5. The fourth-order valence-corrected chi connectivity index (χ4v) is 4.23. The van der Waals surface area contributed by atoms with Gasteiger partial charge < -0.3 is 19.3 Å². The summed E-state index contributed by atoms with van der Waals surface area (Å²) in [6.45, 7) is 3.48. The zero-order chi connectivity index (χ0) is 22.7. The van der Waals surface area contributed by atoms with Gasteiger partial charge >= 0.3 is 0 Å². The van der Waals surface area contributed by atoms with Gasteiger partial charge in [-0.2, -0.15) is 0 Å². The first kappa shape index (κ1) is 21.9. The van der Waals surface area contributed by atoms with Gasteiger partial charge in [0.1, 0.15) is 5.70 Å². The summed E-state index contributed by atoms with van der Waals surface area (Å²) in [4.78, 5) is 32.6. The van der Waals surface area contributed by atoms with Crippen LogP contribution in [-0.4, -0.2) is 80.5 Å². The van der Waals surface area contributed by atoms with Crippen molar-refractivity contribution in [3.05, 3.63) is 65.4 Å². The zero-order valence-electron chi connectivity index (χ0n) is 18.8. The number of carbonyl (C=O) groups excluding carboxylic acids is 2. The molecule has 0 atom stereocenters. The molecule has 2 aliphatic heterocycles. The molecule has 0 aromatic heterocycles. The molecule has 7 heteroatoms. The second-order valence-corrected chi connectivity index (χ2v) is 8.08. The summed E-state index contributed by atoms with van der Waals surface area (Å²) in [5.74, 6) is 0.842. The largest absolute Gasteiger partial charge is 0.493 e. The van der Waals surface area contributed by atoms with Gasteiger partial charge in [-0.05, 0) is 36.7 Å². The van der Waals surface area contributed by atoms with E-state index < -0.39 is 0 Å². The quantitative estimate of drug-likeness (QED) is 0.622. The number of imide groups is 1. The molecule has 1 saturated heterocycles. The number of amides is 2. The highest BCUT2D eigenvalue weighted by Crippen LogP contribution is 2.33. The van der Waals surface area contributed by atoms with E-state index in [0.29, 0.717) is 35.7 Å². The molecule has 2 amide bonds. The number of piperazine rings is 1. The fourth-order valence-electron chi connectivity index (χ4n) is 4.23. The van der Waals surface area contributed by atoms with Gasteiger partial charge in [0.15, 0.2) is 11.5 Å². The molecule has 0 spiro atoms. The molecule has 2 aliphatic rings. The molecule has 2 aromatic carbocycles. The summed E-state index contributed by atoms with van der Waals surface area (Å²) in [5.41, 5.74) is 2.79. The second kappa shape index (κ2) is 9.44. The molecule has 0 radical (unpaired) electrons. The van der Waals surface area contributed by atoms with E-state index in [9.17, 15) is 9.59 Å². The first-order valence-corrected chi connectivity index (χ1v) is 10.8. The van der Waals surface area contributed by atoms with Crippen LogP contribution in [0.25, 0.3) is 5.57 Å². The van der Waals surface area contributed by atoms with Gasteiger partial charge in [-0.25, -0.2) is 0 Å². The smallest absolute Gasteiger partial charge is 0.277 e. The number of hydrogen-bond donors (Lipinski definition) is 0. The predicted octanol–water partition coefficient (Wildman–Crippen LogP) is 2.27. The minimum atomic E-state index is -0.226. The van der Waals surface area contributed by atoms with E-state index in [1.807, 2.05) is 48.5 Å². The number of nitrogens with zero attached hydrogens (tertiary/aromatic N) is 3. The van der Waals surface area contributed by atoms with Crippen molar-refractivity contribution >= 4 is 17.4 Å². The van der Waals surface area contributed by atoms with Gasteiger partial charge in [-0.3, -0.25) is 14.5 Å². The third kappa shape index (κ3) is 4.21. The minimum absolute atomic E-state index is 0.209. The average molecular weight is 436 g/mol. The summed E-state index contributed by atoms with van der Waals surface area (Å²) in [7, 11) is 5.25. The molecular formula is C25H29N3O4. The lowest BCUT2D eigenvalue weighted by atomic mass is 10.0. The summed E-state index contributed by atoms with van der Waals surface area (Å²) >= 11 is 0. The van der Waals surface area contributed by atoms with Gasteiger partial charge in [0.05, 0.1) is 19.8 Å². The summed E-state index contributed by atoms with van der Waals surface area (Å²) < 4.78 is 10.7. The molecule has 32 heavy (non-hydrogen) atoms. The van der Waals surface area contributed by atoms with Crippen LogP contribution in [0.3, 0.4) is 0 Å². The van der Waals surface area contributed by atoms with Crippen LogP contribution >= 0.6 is 0 Å². The van der Waals surface area contributed by atoms with E-state index in [2.05, 4.69) is 16.8 Å². The minimum Gasteiger partial charge on any atom is -0.493 e. The Kier molecular flexibility index (Phi) is 6.46. The van der Waals surface area contributed by atoms with E-state index in [-0.39, 0.29) is 11.8 Å². The molecule has 2 heterocycles. The summed E-state index contributed by atoms with van der Waals surface area (Å²) in [6, 6.07) is 15.2. The standard InChI is InChI=1S/C25H29N3O4/c1-26-13-15-27(16-14-26)23-22(19-7-5-4-6-8-19)24(29)28(25(23)30)12-11-18-9-10-20(31-2)21(17-18)32-3/h4-10,17H,11-16H2,1-3H3. The third-order valence-electron chi connectivity index (χ3n) is 6.10. The van der Waals surface area contributed by atoms with Crippen LogP contribution < -0.4 is 9.47 Å². The van der Waals surface area contributed by atoms with Crippen molar-refractivity contribution in [1.29, 1.82) is 0 Å². The maximum atomic E-state index is 13.5. The van der Waals surface area contributed by atoms with Crippen molar-refractivity contribution in [1.82, 2.24) is 14.7 Å². The molecule has 1 fully saturated rings. The Hall–Kier alpha value is -3.32. The number of methoxy groups -OCH3 is 2. The number of benzene rings is 2. The maximum absolute atomic E-state index is 13.5. The second-order valence-electron chi connectivity index (χ2n) is 8.08. The first-order chi connectivity index (χ1) is 15.5. The van der Waals surface area contributed by atoms with Crippen molar-refractivity contribution in [3.63, 3.8) is 0 Å². The van der Waals surface area contributed by atoms with Gasteiger partial charge in [0.25, 0.3) is 11.8 Å². The topological polar surface area (TPSA) is 62.3 Å². The first-order valence-electron chi connectivity index (χ1n) is 10.8. The molecule has 168 valence electrons. The molecule has 0 unspecified atom stereocenters. The van der Waals surface area contributed by atoms with Gasteiger partial charge in [-0.1, -0.05) is 36.4 Å². The van der Waals surface area contributed by atoms with Crippen LogP contribution in [0.4, 0.5) is 0 Å². The van der Waals surface area contributed by atoms with Crippen LogP contribution in [0.2, 0.25) is 0 Å². The van der Waals surface area contributed by atoms with E-state index in [4.69, 9.17) is 9.47 Å². The number of ether oxygens (including phenoxy) is 2. The molecule has 4 rings (SSSR count). The zero-order valence-corrected chi connectivity index (χ0v) is 18.8. The normalized spacial score (nSPS) is 17.3. The highest BCUT2D eigenvalue weighted by Gasteiger charge is 2.41. The Morgan fingerprint density at radius 2 is 1.53 bits per heavy atom.